The smallest absolute Gasteiger partial charge is 0.255 e. The summed E-state index contributed by atoms with van der Waals surface area (Å²) in [6.07, 6.45) is 0. The first-order valence-electron chi connectivity index (χ1n) is 9.61. The molecule has 3 rings (SSSR count). The molecule has 30 heavy (non-hydrogen) atoms. The van der Waals surface area contributed by atoms with Gasteiger partial charge in [0.1, 0.15) is 5.75 Å². The molecule has 0 bridgehead atoms. The first-order chi connectivity index (χ1) is 14.5. The Hall–Kier alpha value is -3.64. The molecule has 6 nitrogen and oxygen atoms in total. The van der Waals surface area contributed by atoms with Crippen molar-refractivity contribution in [2.75, 3.05) is 31.3 Å². The lowest BCUT2D eigenvalue weighted by molar-refractivity contribution is -0.117. The highest BCUT2D eigenvalue weighted by Crippen LogP contribution is 2.17. The van der Waals surface area contributed by atoms with E-state index in [1.807, 2.05) is 42.3 Å². The van der Waals surface area contributed by atoms with Gasteiger partial charge < -0.3 is 15.4 Å². The maximum absolute atomic E-state index is 12.4. The summed E-state index contributed by atoms with van der Waals surface area (Å²) in [7, 11) is 3.49. The molecule has 0 spiro atoms. The number of hydrogen-bond acceptors (Lipinski definition) is 4. The molecule has 0 aliphatic rings. The normalized spacial score (nSPS) is 10.5. The largest absolute Gasteiger partial charge is 0.497 e. The number of anilines is 2. The summed E-state index contributed by atoms with van der Waals surface area (Å²) in [4.78, 5) is 26.6. The molecule has 2 amide bonds. The van der Waals surface area contributed by atoms with E-state index < -0.39 is 0 Å². The van der Waals surface area contributed by atoms with E-state index in [0.29, 0.717) is 23.5 Å². The number of carbonyl (C=O) groups is 2. The Balaban J connectivity index is 1.50. The van der Waals surface area contributed by atoms with E-state index in [4.69, 9.17) is 4.74 Å². The van der Waals surface area contributed by atoms with Crippen molar-refractivity contribution >= 4 is 23.2 Å². The molecule has 154 valence electrons. The molecule has 0 atom stereocenters. The summed E-state index contributed by atoms with van der Waals surface area (Å²) in [5, 5.41) is 5.69. The number of methoxy groups -OCH3 is 1. The van der Waals surface area contributed by atoms with E-state index in [1.165, 1.54) is 0 Å². The Labute approximate surface area is 176 Å². The molecule has 0 aromatic heterocycles. The van der Waals surface area contributed by atoms with Gasteiger partial charge >= 0.3 is 0 Å². The molecule has 0 unspecified atom stereocenters. The van der Waals surface area contributed by atoms with Gasteiger partial charge in [-0.2, -0.15) is 0 Å². The number of carbonyl (C=O) groups excluding carboxylic acids is 2. The zero-order chi connectivity index (χ0) is 21.3. The molecule has 2 N–H and O–H groups in total. The van der Waals surface area contributed by atoms with Crippen LogP contribution in [0.25, 0.3) is 0 Å². The van der Waals surface area contributed by atoms with Crippen LogP contribution in [0.15, 0.2) is 78.9 Å². The Kier molecular flexibility index (Phi) is 7.19. The van der Waals surface area contributed by atoms with Crippen LogP contribution in [0.5, 0.6) is 5.75 Å². The van der Waals surface area contributed by atoms with Crippen molar-refractivity contribution in [2.45, 2.75) is 6.54 Å². The van der Waals surface area contributed by atoms with Gasteiger partial charge in [-0.1, -0.05) is 30.3 Å². The Morgan fingerprint density at radius 1 is 0.833 bits per heavy atom. The first-order valence-corrected chi connectivity index (χ1v) is 9.61. The third-order valence-electron chi connectivity index (χ3n) is 4.49. The van der Waals surface area contributed by atoms with Crippen LogP contribution in [0.4, 0.5) is 11.4 Å². The SMILES string of the molecule is COc1ccc(NC(=O)c2ccc(NC(=O)CN(C)Cc3ccccc3)cc2)cc1. The van der Waals surface area contributed by atoms with E-state index in [1.54, 1.807) is 55.6 Å². The zero-order valence-corrected chi connectivity index (χ0v) is 17.1. The molecular weight excluding hydrogens is 378 g/mol. The number of amides is 2. The summed E-state index contributed by atoms with van der Waals surface area (Å²) in [5.41, 5.74) is 2.98. The molecule has 0 aliphatic heterocycles. The fourth-order valence-electron chi connectivity index (χ4n) is 2.98. The highest BCUT2D eigenvalue weighted by Gasteiger charge is 2.10. The second kappa shape index (κ2) is 10.2. The number of nitrogens with one attached hydrogen (secondary N) is 2. The predicted octanol–water partition coefficient (Wildman–Crippen LogP) is 4.02. The van der Waals surface area contributed by atoms with Gasteiger partial charge in [0.05, 0.1) is 13.7 Å². The summed E-state index contributed by atoms with van der Waals surface area (Å²) in [5.74, 6) is 0.395. The van der Waals surface area contributed by atoms with Gasteiger partial charge in [-0.05, 0) is 61.1 Å². The van der Waals surface area contributed by atoms with E-state index in [0.717, 1.165) is 11.3 Å². The monoisotopic (exact) mass is 403 g/mol. The van der Waals surface area contributed by atoms with E-state index in [9.17, 15) is 9.59 Å². The second-order valence-corrected chi connectivity index (χ2v) is 6.97. The number of nitrogens with zero attached hydrogens (tertiary/aromatic N) is 1. The van der Waals surface area contributed by atoms with Gasteiger partial charge in [-0.25, -0.2) is 0 Å². The number of likely N-dealkylation sites (N-methyl/N-ethyl adjacent to an activating group) is 1. The van der Waals surface area contributed by atoms with E-state index in [-0.39, 0.29) is 18.4 Å². The second-order valence-electron chi connectivity index (χ2n) is 6.97. The molecular formula is C24H25N3O3. The van der Waals surface area contributed by atoms with Crippen LogP contribution in [0, 0.1) is 0 Å². The average Bonchev–Trinajstić information content (AvgIpc) is 2.75. The molecule has 0 aliphatic carbocycles. The third kappa shape index (κ3) is 6.18. The molecule has 0 saturated heterocycles. The van der Waals surface area contributed by atoms with Crippen molar-refractivity contribution < 1.29 is 14.3 Å². The molecule has 6 heteroatoms. The van der Waals surface area contributed by atoms with Gasteiger partial charge in [0.2, 0.25) is 5.91 Å². The Morgan fingerprint density at radius 2 is 1.43 bits per heavy atom. The van der Waals surface area contributed by atoms with Crippen LogP contribution in [0.2, 0.25) is 0 Å². The van der Waals surface area contributed by atoms with Crippen LogP contribution in [0.1, 0.15) is 15.9 Å². The minimum atomic E-state index is -0.222. The minimum Gasteiger partial charge on any atom is -0.497 e. The molecule has 0 fully saturated rings. The summed E-state index contributed by atoms with van der Waals surface area (Å²) in [6, 6.07) is 23.9. The van der Waals surface area contributed by atoms with E-state index >= 15 is 0 Å². The minimum absolute atomic E-state index is 0.108. The Morgan fingerprint density at radius 3 is 2.07 bits per heavy atom. The third-order valence-corrected chi connectivity index (χ3v) is 4.49. The van der Waals surface area contributed by atoms with Gasteiger partial charge in [0.25, 0.3) is 5.91 Å². The summed E-state index contributed by atoms with van der Waals surface area (Å²) >= 11 is 0. The topological polar surface area (TPSA) is 70.7 Å². The van der Waals surface area contributed by atoms with Crippen molar-refractivity contribution in [2.24, 2.45) is 0 Å². The number of ether oxygens (including phenoxy) is 1. The lowest BCUT2D eigenvalue weighted by atomic mass is 10.2. The maximum Gasteiger partial charge on any atom is 0.255 e. The van der Waals surface area contributed by atoms with Crippen LogP contribution in [-0.2, 0) is 11.3 Å². The van der Waals surface area contributed by atoms with E-state index in [2.05, 4.69) is 10.6 Å². The van der Waals surface area contributed by atoms with Gasteiger partial charge in [-0.3, -0.25) is 14.5 Å². The van der Waals surface area contributed by atoms with Gasteiger partial charge in [-0.15, -0.1) is 0 Å². The lowest BCUT2D eigenvalue weighted by Gasteiger charge is -2.16. The standard InChI is InChI=1S/C24H25N3O3/c1-27(16-18-6-4-3-5-7-18)17-23(28)25-20-10-8-19(9-11-20)24(29)26-21-12-14-22(30-2)15-13-21/h3-15H,16-17H2,1-2H3,(H,25,28)(H,26,29). The lowest BCUT2D eigenvalue weighted by Crippen LogP contribution is -2.29. The predicted molar refractivity (Wildman–Crippen MR) is 119 cm³/mol. The Bertz CT molecular complexity index is 971. The van der Waals surface area contributed by atoms with Crippen molar-refractivity contribution in [3.8, 4) is 5.75 Å². The summed E-state index contributed by atoms with van der Waals surface area (Å²) < 4.78 is 5.11. The van der Waals surface area contributed by atoms with Crippen molar-refractivity contribution in [1.82, 2.24) is 4.90 Å². The van der Waals surface area contributed by atoms with Crippen LogP contribution in [0.3, 0.4) is 0 Å². The highest BCUT2D eigenvalue weighted by molar-refractivity contribution is 6.04. The van der Waals surface area contributed by atoms with Crippen LogP contribution in [-0.4, -0.2) is 37.4 Å². The van der Waals surface area contributed by atoms with Gasteiger partial charge in [0.15, 0.2) is 0 Å². The average molecular weight is 403 g/mol. The van der Waals surface area contributed by atoms with Gasteiger partial charge in [0, 0.05) is 23.5 Å². The van der Waals surface area contributed by atoms with Crippen LogP contribution >= 0.6 is 0 Å². The fraction of sp³-hybridized carbons (Fsp3) is 0.167. The summed E-state index contributed by atoms with van der Waals surface area (Å²) in [6.45, 7) is 0.966. The number of hydrogen-bond donors (Lipinski definition) is 2. The number of rotatable bonds is 8. The maximum atomic E-state index is 12.4. The van der Waals surface area contributed by atoms with Crippen molar-refractivity contribution in [3.05, 3.63) is 90.0 Å². The molecule has 0 saturated carbocycles. The van der Waals surface area contributed by atoms with Crippen molar-refractivity contribution in [3.63, 3.8) is 0 Å². The molecule has 0 radical (unpaired) electrons. The zero-order valence-electron chi connectivity index (χ0n) is 17.1. The van der Waals surface area contributed by atoms with Crippen molar-refractivity contribution in [1.29, 1.82) is 0 Å². The number of benzene rings is 3. The first kappa shape index (κ1) is 21.1. The quantitative estimate of drug-likeness (QED) is 0.596. The molecule has 0 heterocycles. The fourth-order valence-corrected chi connectivity index (χ4v) is 2.98. The highest BCUT2D eigenvalue weighted by atomic mass is 16.5. The molecule has 3 aromatic carbocycles. The molecule has 3 aromatic rings. The van der Waals surface area contributed by atoms with Crippen LogP contribution < -0.4 is 15.4 Å².